The number of ether oxygens (including phenoxy) is 1. The monoisotopic (exact) mass is 568 g/mol. The highest BCUT2D eigenvalue weighted by Crippen LogP contribution is 2.36. The van der Waals surface area contributed by atoms with Gasteiger partial charge in [0.2, 0.25) is 10.0 Å². The van der Waals surface area contributed by atoms with E-state index < -0.39 is 10.0 Å². The van der Waals surface area contributed by atoms with Gasteiger partial charge in [0.15, 0.2) is 5.96 Å². The first-order chi connectivity index (χ1) is 13.9. The van der Waals surface area contributed by atoms with E-state index in [1.807, 2.05) is 36.0 Å². The number of aliphatic imine (C=N–C) groups is 1. The van der Waals surface area contributed by atoms with Crippen LogP contribution in [0, 0.1) is 0 Å². The maximum atomic E-state index is 12.8. The summed E-state index contributed by atoms with van der Waals surface area (Å²) in [6.45, 7) is 5.45. The molecule has 10 heteroatoms. The number of hydrogen-bond acceptors (Lipinski definition) is 5. The van der Waals surface area contributed by atoms with Crippen molar-refractivity contribution in [3.8, 4) is 0 Å². The molecule has 0 spiro atoms. The molecule has 1 aromatic rings. The van der Waals surface area contributed by atoms with Crippen LogP contribution in [0.4, 0.5) is 0 Å². The molecule has 30 heavy (non-hydrogen) atoms. The molecule has 2 aliphatic heterocycles. The first-order valence-corrected chi connectivity index (χ1v) is 12.7. The third-order valence-corrected chi connectivity index (χ3v) is 8.79. The lowest BCUT2D eigenvalue weighted by molar-refractivity contribution is 0.0729. The normalized spacial score (nSPS) is 23.1. The fourth-order valence-corrected chi connectivity index (χ4v) is 6.44. The summed E-state index contributed by atoms with van der Waals surface area (Å²) in [5, 5.41) is 6.75. The van der Waals surface area contributed by atoms with Gasteiger partial charge in [-0.25, -0.2) is 8.42 Å². The molecule has 3 rings (SSSR count). The van der Waals surface area contributed by atoms with Gasteiger partial charge < -0.3 is 15.4 Å². The minimum atomic E-state index is -3.36. The zero-order valence-electron chi connectivity index (χ0n) is 17.7. The highest BCUT2D eigenvalue weighted by molar-refractivity contribution is 14.0. The molecule has 0 aromatic heterocycles. The Kier molecular flexibility index (Phi) is 10.2. The SMILES string of the molecule is CN=C(NCc1ccccc1CS(=O)(=O)N1CCOCC1)NCC1(C)CCCS1.I. The van der Waals surface area contributed by atoms with Crippen LogP contribution < -0.4 is 10.6 Å². The van der Waals surface area contributed by atoms with E-state index >= 15 is 0 Å². The molecule has 2 saturated heterocycles. The molecule has 170 valence electrons. The van der Waals surface area contributed by atoms with Gasteiger partial charge in [0.05, 0.1) is 19.0 Å². The van der Waals surface area contributed by atoms with Crippen LogP contribution >= 0.6 is 35.7 Å². The summed E-state index contributed by atoms with van der Waals surface area (Å²) in [6, 6.07) is 7.69. The Morgan fingerprint density at radius 2 is 1.93 bits per heavy atom. The van der Waals surface area contributed by atoms with Gasteiger partial charge in [0.1, 0.15) is 0 Å². The Bertz CT molecular complexity index is 808. The molecule has 0 radical (unpaired) electrons. The van der Waals surface area contributed by atoms with Crippen molar-refractivity contribution >= 4 is 51.7 Å². The molecule has 1 unspecified atom stereocenters. The minimum absolute atomic E-state index is 0. The average molecular weight is 569 g/mol. The van der Waals surface area contributed by atoms with Crippen LogP contribution in [-0.2, 0) is 27.1 Å². The van der Waals surface area contributed by atoms with Crippen molar-refractivity contribution in [2.45, 2.75) is 36.8 Å². The Labute approximate surface area is 201 Å². The molecule has 1 atom stereocenters. The molecule has 0 aliphatic carbocycles. The molecule has 0 bridgehead atoms. The molecule has 7 nitrogen and oxygen atoms in total. The number of thioether (sulfide) groups is 1. The fraction of sp³-hybridized carbons (Fsp3) is 0.650. The molecule has 2 heterocycles. The molecular formula is C20H33IN4O3S2. The standard InChI is InChI=1S/C20H32N4O3S2.HI/c1-20(8-5-13-28-20)16-23-19(21-2)22-14-17-6-3-4-7-18(17)15-29(25,26)24-9-11-27-12-10-24;/h3-4,6-7H,5,8-16H2,1-2H3,(H2,21,22,23);1H. The van der Waals surface area contributed by atoms with Crippen molar-refractivity contribution in [1.82, 2.24) is 14.9 Å². The van der Waals surface area contributed by atoms with Gasteiger partial charge >= 0.3 is 0 Å². The second kappa shape index (κ2) is 11.9. The Balaban J connectivity index is 0.00000320. The van der Waals surface area contributed by atoms with E-state index in [4.69, 9.17) is 4.74 Å². The van der Waals surface area contributed by atoms with Crippen LogP contribution in [0.5, 0.6) is 0 Å². The summed E-state index contributed by atoms with van der Waals surface area (Å²) >= 11 is 2.01. The number of guanidine groups is 1. The summed E-state index contributed by atoms with van der Waals surface area (Å²) < 4.78 is 32.7. The number of nitrogens with zero attached hydrogens (tertiary/aromatic N) is 2. The Morgan fingerprint density at radius 1 is 1.23 bits per heavy atom. The van der Waals surface area contributed by atoms with Crippen molar-refractivity contribution in [3.63, 3.8) is 0 Å². The molecule has 1 aromatic carbocycles. The minimum Gasteiger partial charge on any atom is -0.379 e. The van der Waals surface area contributed by atoms with Gasteiger partial charge in [-0.3, -0.25) is 4.99 Å². The fourth-order valence-electron chi connectivity index (χ4n) is 3.63. The molecule has 0 amide bonds. The molecule has 2 fully saturated rings. The van der Waals surface area contributed by atoms with Crippen molar-refractivity contribution < 1.29 is 13.2 Å². The van der Waals surface area contributed by atoms with E-state index in [1.165, 1.54) is 22.9 Å². The van der Waals surface area contributed by atoms with E-state index in [1.54, 1.807) is 7.05 Å². The van der Waals surface area contributed by atoms with Crippen LogP contribution in [0.1, 0.15) is 30.9 Å². The maximum Gasteiger partial charge on any atom is 0.218 e. The van der Waals surface area contributed by atoms with E-state index in [0.717, 1.165) is 23.6 Å². The van der Waals surface area contributed by atoms with Gasteiger partial charge in [-0.05, 0) is 36.6 Å². The molecule has 2 N–H and O–H groups in total. The second-order valence-corrected chi connectivity index (χ2v) is 11.4. The maximum absolute atomic E-state index is 12.8. The largest absolute Gasteiger partial charge is 0.379 e. The van der Waals surface area contributed by atoms with Gasteiger partial charge in [-0.1, -0.05) is 24.3 Å². The third-order valence-electron chi connectivity index (χ3n) is 5.42. The Hall–Kier alpha value is -0.560. The van der Waals surface area contributed by atoms with E-state index in [2.05, 4.69) is 22.5 Å². The first-order valence-electron chi connectivity index (χ1n) is 10.1. The number of nitrogens with one attached hydrogen (secondary N) is 2. The quantitative estimate of drug-likeness (QED) is 0.299. The lowest BCUT2D eigenvalue weighted by Gasteiger charge is -2.26. The van der Waals surface area contributed by atoms with Crippen LogP contribution in [0.2, 0.25) is 0 Å². The summed E-state index contributed by atoms with van der Waals surface area (Å²) in [6.07, 6.45) is 2.48. The van der Waals surface area contributed by atoms with Gasteiger partial charge in [-0.15, -0.1) is 24.0 Å². The van der Waals surface area contributed by atoms with Crippen molar-refractivity contribution in [1.29, 1.82) is 0 Å². The van der Waals surface area contributed by atoms with E-state index in [9.17, 15) is 8.42 Å². The van der Waals surface area contributed by atoms with Crippen LogP contribution in [0.3, 0.4) is 0 Å². The zero-order chi connectivity index (χ0) is 20.7. The third kappa shape index (κ3) is 7.25. The predicted molar refractivity (Wildman–Crippen MR) is 135 cm³/mol. The number of rotatable bonds is 7. The van der Waals surface area contributed by atoms with Crippen LogP contribution in [0.15, 0.2) is 29.3 Å². The number of sulfonamides is 1. The topological polar surface area (TPSA) is 83.0 Å². The highest BCUT2D eigenvalue weighted by Gasteiger charge is 2.29. The summed E-state index contributed by atoms with van der Waals surface area (Å²) in [4.78, 5) is 4.32. The summed E-state index contributed by atoms with van der Waals surface area (Å²) in [5.41, 5.74) is 1.79. The van der Waals surface area contributed by atoms with Crippen molar-refractivity contribution in [2.24, 2.45) is 4.99 Å². The molecule has 2 aliphatic rings. The van der Waals surface area contributed by atoms with Gasteiger partial charge in [0, 0.05) is 38.0 Å². The van der Waals surface area contributed by atoms with E-state index in [-0.39, 0.29) is 34.5 Å². The van der Waals surface area contributed by atoms with Crippen molar-refractivity contribution in [3.05, 3.63) is 35.4 Å². The predicted octanol–water partition coefficient (Wildman–Crippen LogP) is 2.42. The first kappa shape index (κ1) is 25.7. The lowest BCUT2D eigenvalue weighted by atomic mass is 10.1. The zero-order valence-corrected chi connectivity index (χ0v) is 21.7. The average Bonchev–Trinajstić information content (AvgIpc) is 3.16. The van der Waals surface area contributed by atoms with Gasteiger partial charge in [-0.2, -0.15) is 16.1 Å². The smallest absolute Gasteiger partial charge is 0.218 e. The number of hydrogen-bond donors (Lipinski definition) is 2. The number of morpholine rings is 1. The van der Waals surface area contributed by atoms with E-state index in [0.29, 0.717) is 32.8 Å². The van der Waals surface area contributed by atoms with Crippen LogP contribution in [0.25, 0.3) is 0 Å². The Morgan fingerprint density at radius 3 is 2.57 bits per heavy atom. The highest BCUT2D eigenvalue weighted by atomic mass is 127. The van der Waals surface area contributed by atoms with Gasteiger partial charge in [0.25, 0.3) is 0 Å². The molecule has 0 saturated carbocycles. The summed E-state index contributed by atoms with van der Waals surface area (Å²) in [7, 11) is -1.60. The number of halogens is 1. The second-order valence-electron chi connectivity index (χ2n) is 7.72. The lowest BCUT2D eigenvalue weighted by Crippen LogP contribution is -2.43. The van der Waals surface area contributed by atoms with Crippen LogP contribution in [-0.4, -0.2) is 69.1 Å². The number of benzene rings is 1. The summed E-state index contributed by atoms with van der Waals surface area (Å²) in [5.74, 6) is 1.96. The molecular weight excluding hydrogens is 535 g/mol. The van der Waals surface area contributed by atoms with Crippen molar-refractivity contribution in [2.75, 3.05) is 45.6 Å².